The lowest BCUT2D eigenvalue weighted by atomic mass is 9.56. The molecule has 1 aromatic carbocycles. The summed E-state index contributed by atoms with van der Waals surface area (Å²) in [5, 5.41) is 22.2. The molecule has 5 rings (SSSR count). The van der Waals surface area contributed by atoms with Crippen LogP contribution >= 0.6 is 11.6 Å². The zero-order valence-electron chi connectivity index (χ0n) is 17.1. The standard InChI is InChI=1S/C23H29ClN4O/c1-14(22(26)21-19(24)4-3-5-20(21)27-2)16(12-29)11-28-17-6-15-7-18(28)10-23(8-15,9-17)13-25/h3-5,12,14-18,26-27H,6-11H2,1-2H3. The van der Waals surface area contributed by atoms with Gasteiger partial charge in [-0.3, -0.25) is 4.90 Å². The van der Waals surface area contributed by atoms with Crippen molar-refractivity contribution in [2.75, 3.05) is 18.9 Å². The molecule has 2 saturated carbocycles. The Labute approximate surface area is 177 Å². The van der Waals surface area contributed by atoms with Crippen LogP contribution in [-0.2, 0) is 4.79 Å². The minimum atomic E-state index is -0.265. The van der Waals surface area contributed by atoms with Crippen LogP contribution < -0.4 is 5.32 Å². The number of benzene rings is 1. The maximum absolute atomic E-state index is 12.1. The van der Waals surface area contributed by atoms with Crippen molar-refractivity contribution in [1.29, 1.82) is 10.7 Å². The molecule has 6 heteroatoms. The van der Waals surface area contributed by atoms with Gasteiger partial charge in [-0.25, -0.2) is 0 Å². The second-order valence-electron chi connectivity index (χ2n) is 9.26. The molecule has 0 amide bonds. The molecule has 1 aromatic rings. The van der Waals surface area contributed by atoms with Crippen molar-refractivity contribution in [3.63, 3.8) is 0 Å². The molecule has 2 aliphatic heterocycles. The summed E-state index contributed by atoms with van der Waals surface area (Å²) in [7, 11) is 1.82. The lowest BCUT2D eigenvalue weighted by Crippen LogP contribution is -2.62. The average Bonchev–Trinajstić information content (AvgIpc) is 2.72. The number of carbonyl (C=O) groups excluding carboxylic acids is 1. The normalized spacial score (nSPS) is 32.4. The highest BCUT2D eigenvalue weighted by atomic mass is 35.5. The van der Waals surface area contributed by atoms with Crippen LogP contribution in [0.1, 0.15) is 44.6 Å². The first-order valence-corrected chi connectivity index (χ1v) is 11.0. The fraction of sp³-hybridized carbons (Fsp3) is 0.609. The third-order valence-corrected chi connectivity index (χ3v) is 7.88. The van der Waals surface area contributed by atoms with E-state index in [1.165, 1.54) is 0 Å². The molecule has 4 unspecified atom stereocenters. The molecule has 2 saturated heterocycles. The zero-order valence-corrected chi connectivity index (χ0v) is 17.9. The van der Waals surface area contributed by atoms with Crippen LogP contribution in [0.25, 0.3) is 0 Å². The minimum Gasteiger partial charge on any atom is -0.388 e. The fourth-order valence-corrected chi connectivity index (χ4v) is 6.43. The molecular formula is C23H29ClN4O. The van der Waals surface area contributed by atoms with E-state index in [0.29, 0.717) is 40.8 Å². The van der Waals surface area contributed by atoms with Crippen LogP contribution in [0.2, 0.25) is 5.02 Å². The minimum absolute atomic E-state index is 0.138. The van der Waals surface area contributed by atoms with E-state index in [4.69, 9.17) is 17.0 Å². The lowest BCUT2D eigenvalue weighted by molar-refractivity contribution is -0.118. The summed E-state index contributed by atoms with van der Waals surface area (Å²) in [5.41, 5.74) is 1.75. The van der Waals surface area contributed by atoms with Gasteiger partial charge in [0.05, 0.1) is 16.5 Å². The van der Waals surface area contributed by atoms with E-state index in [-0.39, 0.29) is 17.3 Å². The van der Waals surface area contributed by atoms with Crippen molar-refractivity contribution < 1.29 is 4.79 Å². The van der Waals surface area contributed by atoms with Crippen molar-refractivity contribution in [1.82, 2.24) is 4.90 Å². The molecule has 2 heterocycles. The Hall–Kier alpha value is -1.90. The Bertz CT molecular complexity index is 847. The van der Waals surface area contributed by atoms with E-state index in [0.717, 1.165) is 44.1 Å². The van der Waals surface area contributed by atoms with Crippen LogP contribution in [0.4, 0.5) is 5.69 Å². The zero-order chi connectivity index (χ0) is 20.8. The number of halogens is 1. The molecule has 4 fully saturated rings. The second-order valence-corrected chi connectivity index (χ2v) is 9.67. The SMILES string of the molecule is CNc1cccc(Cl)c1C(=N)C(C)C(C=O)CN1C2CC3CC1CC(C#N)(C3)C2. The molecule has 4 aliphatic rings. The highest BCUT2D eigenvalue weighted by molar-refractivity contribution is 6.35. The Morgan fingerprint density at radius 3 is 2.69 bits per heavy atom. The summed E-state index contributed by atoms with van der Waals surface area (Å²) in [5.74, 6) is 0.163. The molecule has 0 radical (unpaired) electrons. The van der Waals surface area contributed by atoms with E-state index in [2.05, 4.69) is 16.3 Å². The highest BCUT2D eigenvalue weighted by Crippen LogP contribution is 2.56. The van der Waals surface area contributed by atoms with Crippen LogP contribution in [0.5, 0.6) is 0 Å². The van der Waals surface area contributed by atoms with E-state index < -0.39 is 0 Å². The molecular weight excluding hydrogens is 384 g/mol. The van der Waals surface area contributed by atoms with E-state index in [1.807, 2.05) is 26.1 Å². The summed E-state index contributed by atoms with van der Waals surface area (Å²) in [6, 6.07) is 8.98. The number of carbonyl (C=O) groups is 1. The smallest absolute Gasteiger partial charge is 0.125 e. The number of nitriles is 1. The van der Waals surface area contributed by atoms with Crippen LogP contribution in [0.15, 0.2) is 18.2 Å². The number of aldehydes is 1. The molecule has 29 heavy (non-hydrogen) atoms. The van der Waals surface area contributed by atoms with E-state index in [9.17, 15) is 10.1 Å². The molecule has 2 N–H and O–H groups in total. The molecule has 154 valence electrons. The maximum atomic E-state index is 12.1. The molecule has 4 bridgehead atoms. The number of anilines is 1. The quantitative estimate of drug-likeness (QED) is 0.515. The van der Waals surface area contributed by atoms with Crippen LogP contribution in [-0.4, -0.2) is 42.6 Å². The van der Waals surface area contributed by atoms with Gasteiger partial charge in [-0.2, -0.15) is 5.26 Å². The topological polar surface area (TPSA) is 80.0 Å². The Morgan fingerprint density at radius 1 is 1.41 bits per heavy atom. The Kier molecular flexibility index (Phi) is 5.44. The van der Waals surface area contributed by atoms with Gasteiger partial charge in [0.15, 0.2) is 0 Å². The number of rotatable bonds is 7. The Morgan fingerprint density at radius 2 is 2.10 bits per heavy atom. The molecule has 4 atom stereocenters. The van der Waals surface area contributed by atoms with Gasteiger partial charge >= 0.3 is 0 Å². The van der Waals surface area contributed by atoms with Gasteiger partial charge < -0.3 is 15.5 Å². The number of nitrogens with one attached hydrogen (secondary N) is 2. The predicted octanol–water partition coefficient (Wildman–Crippen LogP) is 4.36. The highest BCUT2D eigenvalue weighted by Gasteiger charge is 2.55. The largest absolute Gasteiger partial charge is 0.388 e. The van der Waals surface area contributed by atoms with Crippen LogP contribution in [0, 0.1) is 39.9 Å². The van der Waals surface area contributed by atoms with Crippen LogP contribution in [0.3, 0.4) is 0 Å². The van der Waals surface area contributed by atoms with Gasteiger partial charge in [-0.1, -0.05) is 24.6 Å². The van der Waals surface area contributed by atoms with Gasteiger partial charge in [0.25, 0.3) is 0 Å². The molecule has 5 nitrogen and oxygen atoms in total. The summed E-state index contributed by atoms with van der Waals surface area (Å²) in [6.07, 6.45) is 6.23. The van der Waals surface area contributed by atoms with E-state index in [1.54, 1.807) is 6.07 Å². The summed E-state index contributed by atoms with van der Waals surface area (Å²) < 4.78 is 0. The van der Waals surface area contributed by atoms with Crippen molar-refractivity contribution in [2.45, 2.75) is 51.1 Å². The Balaban J connectivity index is 1.53. The predicted molar refractivity (Wildman–Crippen MR) is 115 cm³/mol. The lowest BCUT2D eigenvalue weighted by Gasteiger charge is -2.60. The number of piperidine rings is 2. The van der Waals surface area contributed by atoms with E-state index >= 15 is 0 Å². The van der Waals surface area contributed by atoms with Crippen molar-refractivity contribution in [2.24, 2.45) is 23.2 Å². The third-order valence-electron chi connectivity index (χ3n) is 7.56. The first kappa shape index (κ1) is 20.4. The van der Waals surface area contributed by atoms with Gasteiger partial charge in [-0.15, -0.1) is 0 Å². The summed E-state index contributed by atoms with van der Waals surface area (Å²) in [6.45, 7) is 2.62. The molecule has 0 spiro atoms. The fourth-order valence-electron chi connectivity index (χ4n) is 6.15. The van der Waals surface area contributed by atoms with Gasteiger partial charge in [-0.05, 0) is 50.2 Å². The summed E-state index contributed by atoms with van der Waals surface area (Å²) in [4.78, 5) is 14.6. The van der Waals surface area contributed by atoms with Crippen molar-refractivity contribution >= 4 is 29.3 Å². The van der Waals surface area contributed by atoms with Gasteiger partial charge in [0, 0.05) is 54.5 Å². The maximum Gasteiger partial charge on any atom is 0.125 e. The van der Waals surface area contributed by atoms with Gasteiger partial charge in [0.2, 0.25) is 0 Å². The molecule has 0 aromatic heterocycles. The monoisotopic (exact) mass is 412 g/mol. The van der Waals surface area contributed by atoms with Gasteiger partial charge in [0.1, 0.15) is 6.29 Å². The molecule has 2 aliphatic carbocycles. The second kappa shape index (κ2) is 7.74. The first-order chi connectivity index (χ1) is 13.9. The van der Waals surface area contributed by atoms with Crippen molar-refractivity contribution in [3.05, 3.63) is 28.8 Å². The average molecular weight is 413 g/mol. The van der Waals surface area contributed by atoms with Crippen molar-refractivity contribution in [3.8, 4) is 6.07 Å². The summed E-state index contributed by atoms with van der Waals surface area (Å²) >= 11 is 6.41. The number of hydrogen-bond acceptors (Lipinski definition) is 5. The third kappa shape index (κ3) is 3.47. The number of nitrogens with zero attached hydrogens (tertiary/aromatic N) is 2. The number of hydrogen-bond donors (Lipinski definition) is 2. The first-order valence-electron chi connectivity index (χ1n) is 10.6.